The molecule has 2 saturated heterocycles. The molecule has 2 aromatic heterocycles. The number of aromatic nitrogens is 5. The molecule has 6 rings (SSSR count). The Labute approximate surface area is 216 Å². The molecule has 3 atom stereocenters. The van der Waals surface area contributed by atoms with Gasteiger partial charge in [0.05, 0.1) is 37.9 Å². The van der Waals surface area contributed by atoms with Gasteiger partial charge in [0.2, 0.25) is 0 Å². The lowest BCUT2D eigenvalue weighted by molar-refractivity contribution is 0.138. The van der Waals surface area contributed by atoms with Crippen molar-refractivity contribution in [1.82, 2.24) is 30.5 Å². The van der Waals surface area contributed by atoms with Gasteiger partial charge >= 0.3 is 0 Å². The predicted molar refractivity (Wildman–Crippen MR) is 139 cm³/mol. The first kappa shape index (κ1) is 23.8. The van der Waals surface area contributed by atoms with E-state index < -0.39 is 0 Å². The minimum absolute atomic E-state index is 0.0433. The highest BCUT2D eigenvalue weighted by Crippen LogP contribution is 2.41. The van der Waals surface area contributed by atoms with Crippen molar-refractivity contribution in [3.05, 3.63) is 30.6 Å². The molecule has 10 nitrogen and oxygen atoms in total. The molecule has 1 aromatic carbocycles. The Hall–Kier alpha value is -3.53. The summed E-state index contributed by atoms with van der Waals surface area (Å²) in [5, 5.41) is 23.7. The third kappa shape index (κ3) is 4.66. The zero-order valence-electron chi connectivity index (χ0n) is 21.5. The molecule has 4 heterocycles. The Morgan fingerprint density at radius 1 is 1.03 bits per heavy atom. The zero-order chi connectivity index (χ0) is 25.6. The van der Waals surface area contributed by atoms with Crippen LogP contribution in [-0.2, 0) is 0 Å². The molecule has 2 N–H and O–H groups in total. The first-order valence-electron chi connectivity index (χ1n) is 13.0. The molecule has 0 radical (unpaired) electrons. The smallest absolute Gasteiger partial charge is 0.278 e. The molecule has 194 valence electrons. The Balaban J connectivity index is 1.24. The fourth-order valence-corrected chi connectivity index (χ4v) is 6.05. The van der Waals surface area contributed by atoms with E-state index >= 15 is 0 Å². The number of nitrogens with one attached hydrogen (secondary N) is 1. The van der Waals surface area contributed by atoms with Gasteiger partial charge in [-0.1, -0.05) is 12.5 Å². The largest absolute Gasteiger partial charge is 0.507 e. The second-order valence-electron chi connectivity index (χ2n) is 10.7. The third-order valence-corrected chi connectivity index (χ3v) is 7.85. The number of benzene rings is 1. The first-order chi connectivity index (χ1) is 18.0. The number of hydrogen-bond acceptors (Lipinski definition) is 10. The molecule has 0 spiro atoms. The monoisotopic (exact) mass is 503 g/mol. The average molecular weight is 504 g/mol. The highest BCUT2D eigenvalue weighted by atomic mass is 16.5. The van der Waals surface area contributed by atoms with E-state index in [4.69, 9.17) is 9.47 Å². The quantitative estimate of drug-likeness (QED) is 0.493. The summed E-state index contributed by atoms with van der Waals surface area (Å²) in [4.78, 5) is 15.7. The fraction of sp³-hybridized carbons (Fsp3) is 0.519. The van der Waals surface area contributed by atoms with Gasteiger partial charge in [-0.25, -0.2) is 15.0 Å². The van der Waals surface area contributed by atoms with Gasteiger partial charge in [0.15, 0.2) is 11.6 Å². The molecule has 0 amide bonds. The van der Waals surface area contributed by atoms with Crippen LogP contribution in [0.3, 0.4) is 0 Å². The number of aromatic hydroxyl groups is 1. The second kappa shape index (κ2) is 9.41. The van der Waals surface area contributed by atoms with Crippen molar-refractivity contribution in [1.29, 1.82) is 0 Å². The molecule has 10 heteroatoms. The molecule has 1 saturated carbocycles. The van der Waals surface area contributed by atoms with Crippen LogP contribution in [0.25, 0.3) is 22.6 Å². The molecule has 37 heavy (non-hydrogen) atoms. The van der Waals surface area contributed by atoms with Gasteiger partial charge in [0, 0.05) is 29.2 Å². The lowest BCUT2D eigenvalue weighted by Gasteiger charge is -2.50. The number of fused-ring (bicyclic) bond motifs is 2. The van der Waals surface area contributed by atoms with Crippen molar-refractivity contribution < 1.29 is 14.6 Å². The molecular weight excluding hydrogens is 470 g/mol. The zero-order valence-corrected chi connectivity index (χ0v) is 21.5. The van der Waals surface area contributed by atoms with E-state index in [2.05, 4.69) is 42.3 Å². The van der Waals surface area contributed by atoms with E-state index in [0.29, 0.717) is 46.7 Å². The topological polar surface area (TPSA) is 118 Å². The van der Waals surface area contributed by atoms with Gasteiger partial charge < -0.3 is 24.8 Å². The molecule has 3 aromatic rings. The summed E-state index contributed by atoms with van der Waals surface area (Å²) in [6, 6.07) is 6.77. The molecule has 2 bridgehead atoms. The van der Waals surface area contributed by atoms with Gasteiger partial charge in [0.1, 0.15) is 5.75 Å². The van der Waals surface area contributed by atoms with Crippen LogP contribution in [0, 0.1) is 0 Å². The van der Waals surface area contributed by atoms with E-state index in [1.807, 2.05) is 12.3 Å². The van der Waals surface area contributed by atoms with Crippen LogP contribution in [0.1, 0.15) is 51.9 Å². The van der Waals surface area contributed by atoms with Gasteiger partial charge in [-0.15, -0.1) is 10.2 Å². The first-order valence-corrected chi connectivity index (χ1v) is 13.0. The van der Waals surface area contributed by atoms with E-state index in [-0.39, 0.29) is 17.2 Å². The van der Waals surface area contributed by atoms with Gasteiger partial charge in [0.25, 0.3) is 11.8 Å². The summed E-state index contributed by atoms with van der Waals surface area (Å²) in [6.45, 7) is 2.36. The van der Waals surface area contributed by atoms with E-state index in [9.17, 15) is 5.11 Å². The summed E-state index contributed by atoms with van der Waals surface area (Å²) in [5.41, 5.74) is 1.95. The fourth-order valence-electron chi connectivity index (χ4n) is 6.05. The minimum Gasteiger partial charge on any atom is -0.507 e. The van der Waals surface area contributed by atoms with E-state index in [0.717, 1.165) is 18.7 Å². The van der Waals surface area contributed by atoms with Crippen molar-refractivity contribution in [3.63, 3.8) is 0 Å². The number of piperidine rings is 2. The number of phenols is 1. The summed E-state index contributed by atoms with van der Waals surface area (Å²) < 4.78 is 10.4. The number of phenolic OH excluding ortho intramolecular Hbond substituents is 1. The number of ether oxygens (including phenoxy) is 2. The summed E-state index contributed by atoms with van der Waals surface area (Å²) in [5.74, 6) is 1.83. The molecule has 3 aliphatic rings. The number of methoxy groups -OCH3 is 2. The summed E-state index contributed by atoms with van der Waals surface area (Å²) in [7, 11) is 3.01. The van der Waals surface area contributed by atoms with Crippen molar-refractivity contribution in [2.45, 2.75) is 75.5 Å². The Morgan fingerprint density at radius 2 is 1.86 bits per heavy atom. The number of nitrogens with zero attached hydrogens (tertiary/aromatic N) is 6. The van der Waals surface area contributed by atoms with Gasteiger partial charge in [-0.3, -0.25) is 0 Å². The Morgan fingerprint density at radius 3 is 2.54 bits per heavy atom. The SMILES string of the molecule is COc1ncc(-c2ccc(-c3ncc(N(C4CC4)[C@@H]4C[C@H]5CCC[C@@](C)(C4)N5)nn3)c(O)c2)nc1OC. The Bertz CT molecular complexity index is 1280. The number of anilines is 1. The molecule has 1 aliphatic carbocycles. The van der Waals surface area contributed by atoms with Gasteiger partial charge in [-0.2, -0.15) is 0 Å². The van der Waals surface area contributed by atoms with Crippen molar-refractivity contribution in [3.8, 4) is 40.2 Å². The van der Waals surface area contributed by atoms with Crippen LogP contribution in [0.2, 0.25) is 0 Å². The average Bonchev–Trinajstić information content (AvgIpc) is 3.73. The lowest BCUT2D eigenvalue weighted by Crippen LogP contribution is -2.61. The highest BCUT2D eigenvalue weighted by Gasteiger charge is 2.45. The highest BCUT2D eigenvalue weighted by molar-refractivity contribution is 5.71. The van der Waals surface area contributed by atoms with E-state index in [1.54, 1.807) is 18.3 Å². The molecular formula is C27H33N7O3. The van der Waals surface area contributed by atoms with Crippen LogP contribution >= 0.6 is 0 Å². The maximum atomic E-state index is 10.8. The normalized spacial score (nSPS) is 24.9. The predicted octanol–water partition coefficient (Wildman–Crippen LogP) is 3.75. The van der Waals surface area contributed by atoms with Crippen LogP contribution in [-0.4, -0.2) is 68.1 Å². The molecule has 3 fully saturated rings. The van der Waals surface area contributed by atoms with Crippen LogP contribution in [0.5, 0.6) is 17.5 Å². The minimum atomic E-state index is 0.0433. The van der Waals surface area contributed by atoms with Crippen molar-refractivity contribution in [2.75, 3.05) is 19.1 Å². The Kier molecular flexibility index (Phi) is 6.06. The van der Waals surface area contributed by atoms with Gasteiger partial charge in [-0.05, 0) is 57.6 Å². The van der Waals surface area contributed by atoms with E-state index in [1.165, 1.54) is 46.3 Å². The summed E-state index contributed by atoms with van der Waals surface area (Å²) >= 11 is 0. The van der Waals surface area contributed by atoms with Crippen molar-refractivity contribution >= 4 is 5.82 Å². The van der Waals surface area contributed by atoms with Crippen molar-refractivity contribution in [2.24, 2.45) is 0 Å². The maximum absolute atomic E-state index is 10.8. The third-order valence-electron chi connectivity index (χ3n) is 7.85. The van der Waals surface area contributed by atoms with Crippen LogP contribution in [0.15, 0.2) is 30.6 Å². The number of rotatable bonds is 7. The standard InChI is InChI=1S/C27H33N7O3/c1-27-10-4-5-17(31-27)12-19(13-27)34(18-7-8-18)23-15-28-24(33-32-23)20-9-6-16(11-22(20)35)21-14-29-25(36-2)26(30-21)37-3/h6,9,11,14-15,17-19,31,35H,4-5,7-8,10,12-13H2,1-3H3/t17-,19-,27+/m1/s1. The lowest BCUT2D eigenvalue weighted by atomic mass is 9.75. The summed E-state index contributed by atoms with van der Waals surface area (Å²) in [6.07, 6.45) is 11.8. The maximum Gasteiger partial charge on any atom is 0.278 e. The van der Waals surface area contributed by atoms with Crippen LogP contribution < -0.4 is 19.7 Å². The van der Waals surface area contributed by atoms with Crippen LogP contribution in [0.4, 0.5) is 5.82 Å². The number of hydrogen-bond donors (Lipinski definition) is 2. The molecule has 0 unspecified atom stereocenters. The second-order valence-corrected chi connectivity index (χ2v) is 10.7. The molecule has 2 aliphatic heterocycles.